The lowest BCUT2D eigenvalue weighted by Crippen LogP contribution is -2.04. The monoisotopic (exact) mass is 377 g/mol. The van der Waals surface area contributed by atoms with Crippen molar-refractivity contribution >= 4 is 40.7 Å². The first-order valence-electron chi connectivity index (χ1n) is 7.12. The number of halogens is 2. The Labute approximate surface area is 153 Å². The molecule has 0 N–H and O–H groups in total. The molecule has 0 aliphatic carbocycles. The van der Waals surface area contributed by atoms with Crippen LogP contribution >= 0.6 is 35.0 Å². The molecule has 0 aliphatic rings. The van der Waals surface area contributed by atoms with E-state index in [0.29, 0.717) is 20.8 Å². The van der Waals surface area contributed by atoms with Crippen LogP contribution in [0.5, 0.6) is 0 Å². The van der Waals surface area contributed by atoms with Crippen molar-refractivity contribution in [3.8, 4) is 11.4 Å². The topological polar surface area (TPSA) is 47.8 Å². The molecule has 0 atom stereocenters. The van der Waals surface area contributed by atoms with E-state index in [4.69, 9.17) is 23.2 Å². The molecule has 0 amide bonds. The van der Waals surface area contributed by atoms with Crippen molar-refractivity contribution in [2.75, 3.05) is 5.75 Å². The third kappa shape index (κ3) is 3.64. The first-order chi connectivity index (χ1) is 11.6. The van der Waals surface area contributed by atoms with E-state index >= 15 is 0 Å². The highest BCUT2D eigenvalue weighted by Crippen LogP contribution is 2.25. The van der Waals surface area contributed by atoms with Crippen molar-refractivity contribution in [1.29, 1.82) is 0 Å². The minimum atomic E-state index is -0.0401. The first-order valence-corrected chi connectivity index (χ1v) is 8.86. The molecule has 0 fully saturated rings. The first kappa shape index (κ1) is 17.0. The molecule has 122 valence electrons. The van der Waals surface area contributed by atoms with Gasteiger partial charge in [0.05, 0.1) is 10.8 Å². The molecule has 1 heterocycles. The van der Waals surface area contributed by atoms with Gasteiger partial charge in [0.1, 0.15) is 0 Å². The summed E-state index contributed by atoms with van der Waals surface area (Å²) >= 11 is 13.3. The highest BCUT2D eigenvalue weighted by molar-refractivity contribution is 7.99. The highest BCUT2D eigenvalue weighted by atomic mass is 35.5. The molecule has 1 aromatic heterocycles. The predicted molar refractivity (Wildman–Crippen MR) is 98.0 cm³/mol. The molecule has 2 aromatic carbocycles. The number of carbonyl (C=O) groups is 1. The second-order valence-electron chi connectivity index (χ2n) is 5.06. The lowest BCUT2D eigenvalue weighted by Gasteiger charge is -2.05. The van der Waals surface area contributed by atoms with Gasteiger partial charge < -0.3 is 4.57 Å². The molecule has 0 unspecified atom stereocenters. The van der Waals surface area contributed by atoms with Crippen LogP contribution in [-0.2, 0) is 7.05 Å². The molecule has 0 aliphatic heterocycles. The van der Waals surface area contributed by atoms with Crippen LogP contribution in [0.1, 0.15) is 10.4 Å². The van der Waals surface area contributed by atoms with Crippen LogP contribution in [0.4, 0.5) is 0 Å². The van der Waals surface area contributed by atoms with Gasteiger partial charge in [-0.25, -0.2) is 0 Å². The van der Waals surface area contributed by atoms with Crippen LogP contribution in [0.25, 0.3) is 11.4 Å². The molecular weight excluding hydrogens is 365 g/mol. The van der Waals surface area contributed by atoms with Gasteiger partial charge >= 0.3 is 0 Å². The molecule has 3 rings (SSSR count). The number of ketones is 1. The van der Waals surface area contributed by atoms with Crippen molar-refractivity contribution in [2.24, 2.45) is 7.05 Å². The summed E-state index contributed by atoms with van der Waals surface area (Å²) in [7, 11) is 1.87. The average Bonchev–Trinajstić information content (AvgIpc) is 2.95. The smallest absolute Gasteiger partial charge is 0.191 e. The van der Waals surface area contributed by atoms with Crippen LogP contribution in [0, 0.1) is 0 Å². The predicted octanol–water partition coefficient (Wildman–Crippen LogP) is 4.76. The molecule has 4 nitrogen and oxygen atoms in total. The van der Waals surface area contributed by atoms with E-state index in [1.54, 1.807) is 36.4 Å². The largest absolute Gasteiger partial charge is 0.305 e. The molecule has 0 saturated carbocycles. The zero-order valence-electron chi connectivity index (χ0n) is 12.7. The molecule has 0 radical (unpaired) electrons. The van der Waals surface area contributed by atoms with Gasteiger partial charge in [-0.3, -0.25) is 4.79 Å². The van der Waals surface area contributed by atoms with E-state index in [0.717, 1.165) is 11.4 Å². The van der Waals surface area contributed by atoms with Crippen molar-refractivity contribution < 1.29 is 4.79 Å². The van der Waals surface area contributed by atoms with Crippen LogP contribution in [0.15, 0.2) is 53.7 Å². The minimum Gasteiger partial charge on any atom is -0.305 e. The van der Waals surface area contributed by atoms with Crippen LogP contribution < -0.4 is 0 Å². The van der Waals surface area contributed by atoms with Crippen molar-refractivity contribution in [3.63, 3.8) is 0 Å². The molecule has 0 saturated heterocycles. The second-order valence-corrected chi connectivity index (χ2v) is 6.85. The summed E-state index contributed by atoms with van der Waals surface area (Å²) in [6, 6.07) is 14.4. The summed E-state index contributed by atoms with van der Waals surface area (Å²) in [4.78, 5) is 12.3. The number of Topliss-reactive ketones (excluding diaryl/α,β-unsaturated/α-hetero) is 1. The van der Waals surface area contributed by atoms with E-state index in [9.17, 15) is 4.79 Å². The zero-order chi connectivity index (χ0) is 17.1. The van der Waals surface area contributed by atoms with E-state index in [-0.39, 0.29) is 11.5 Å². The quantitative estimate of drug-likeness (QED) is 0.474. The number of thioether (sulfide) groups is 1. The highest BCUT2D eigenvalue weighted by Gasteiger charge is 2.15. The van der Waals surface area contributed by atoms with Gasteiger partial charge in [-0.05, 0) is 36.4 Å². The molecule has 24 heavy (non-hydrogen) atoms. The van der Waals surface area contributed by atoms with Gasteiger partial charge in [-0.15, -0.1) is 10.2 Å². The maximum Gasteiger partial charge on any atom is 0.191 e. The van der Waals surface area contributed by atoms with E-state index in [1.807, 2.05) is 23.7 Å². The lowest BCUT2D eigenvalue weighted by atomic mass is 10.1. The van der Waals surface area contributed by atoms with Crippen molar-refractivity contribution in [2.45, 2.75) is 5.16 Å². The fourth-order valence-electron chi connectivity index (χ4n) is 2.19. The zero-order valence-corrected chi connectivity index (χ0v) is 15.1. The summed E-state index contributed by atoms with van der Waals surface area (Å²) in [5.41, 5.74) is 1.44. The standard InChI is InChI=1S/C17H13Cl2N3OS/c1-22-16(11-6-8-12(18)9-7-11)20-21-17(22)24-10-15(23)13-4-2-3-5-14(13)19/h2-9H,10H2,1H3. The van der Waals surface area contributed by atoms with E-state index in [1.165, 1.54) is 11.8 Å². The Kier molecular flexibility index (Phi) is 5.23. The van der Waals surface area contributed by atoms with Gasteiger partial charge in [0, 0.05) is 23.2 Å². The molecular formula is C17H13Cl2N3OS. The fourth-order valence-corrected chi connectivity index (χ4v) is 3.35. The number of aromatic nitrogens is 3. The molecule has 0 bridgehead atoms. The summed E-state index contributed by atoms with van der Waals surface area (Å²) in [5.74, 6) is 0.928. The van der Waals surface area contributed by atoms with Crippen LogP contribution in [0.3, 0.4) is 0 Å². The maximum atomic E-state index is 12.3. The van der Waals surface area contributed by atoms with E-state index < -0.39 is 0 Å². The van der Waals surface area contributed by atoms with Crippen LogP contribution in [-0.4, -0.2) is 26.3 Å². The minimum absolute atomic E-state index is 0.0401. The Morgan fingerprint density at radius 1 is 1.08 bits per heavy atom. The Balaban J connectivity index is 1.74. The number of hydrogen-bond acceptors (Lipinski definition) is 4. The lowest BCUT2D eigenvalue weighted by molar-refractivity contribution is 0.102. The van der Waals surface area contributed by atoms with Gasteiger partial charge in [-0.1, -0.05) is 47.1 Å². The number of rotatable bonds is 5. The van der Waals surface area contributed by atoms with Crippen molar-refractivity contribution in [3.05, 3.63) is 64.1 Å². The third-order valence-electron chi connectivity index (χ3n) is 3.44. The van der Waals surface area contributed by atoms with Gasteiger partial charge in [0.2, 0.25) is 0 Å². The Hall–Kier alpha value is -1.82. The van der Waals surface area contributed by atoms with E-state index in [2.05, 4.69) is 10.2 Å². The summed E-state index contributed by atoms with van der Waals surface area (Å²) < 4.78 is 1.85. The fraction of sp³-hybridized carbons (Fsp3) is 0.118. The van der Waals surface area contributed by atoms with Gasteiger partial charge in [0.15, 0.2) is 16.8 Å². The summed E-state index contributed by atoms with van der Waals surface area (Å²) in [6.45, 7) is 0. The molecule has 3 aromatic rings. The molecule has 0 spiro atoms. The average molecular weight is 378 g/mol. The Morgan fingerprint density at radius 3 is 2.50 bits per heavy atom. The Bertz CT molecular complexity index is 878. The summed E-state index contributed by atoms with van der Waals surface area (Å²) in [5, 5.41) is 10.2. The Morgan fingerprint density at radius 2 is 1.79 bits per heavy atom. The second kappa shape index (κ2) is 7.38. The maximum absolute atomic E-state index is 12.3. The van der Waals surface area contributed by atoms with Gasteiger partial charge in [-0.2, -0.15) is 0 Å². The summed E-state index contributed by atoms with van der Waals surface area (Å²) in [6.07, 6.45) is 0. The normalized spacial score (nSPS) is 10.8. The molecule has 7 heteroatoms. The van der Waals surface area contributed by atoms with Gasteiger partial charge in [0.25, 0.3) is 0 Å². The van der Waals surface area contributed by atoms with Crippen molar-refractivity contribution in [1.82, 2.24) is 14.8 Å². The SMILES string of the molecule is Cn1c(SCC(=O)c2ccccc2Cl)nnc1-c1ccc(Cl)cc1. The number of nitrogens with zero attached hydrogens (tertiary/aromatic N) is 3. The van der Waals surface area contributed by atoms with Crippen LogP contribution in [0.2, 0.25) is 10.0 Å². The number of benzene rings is 2. The number of carbonyl (C=O) groups excluding carboxylic acids is 1. The third-order valence-corrected chi connectivity index (χ3v) is 5.05. The number of hydrogen-bond donors (Lipinski definition) is 0.